The van der Waals surface area contributed by atoms with Crippen molar-refractivity contribution in [3.8, 4) is 0 Å². The lowest BCUT2D eigenvalue weighted by molar-refractivity contribution is 0.255. The van der Waals surface area contributed by atoms with E-state index in [2.05, 4.69) is 33.0 Å². The summed E-state index contributed by atoms with van der Waals surface area (Å²) in [5, 5.41) is 4.08. The molecule has 0 saturated heterocycles. The van der Waals surface area contributed by atoms with Gasteiger partial charge in [0.05, 0.1) is 0 Å². The number of nitrogens with one attached hydrogen (secondary N) is 1. The van der Waals surface area contributed by atoms with Gasteiger partial charge in [0.2, 0.25) is 0 Å². The summed E-state index contributed by atoms with van der Waals surface area (Å²) in [6.07, 6.45) is 2.67. The molecule has 0 aliphatic heterocycles. The third kappa shape index (κ3) is 5.12. The highest BCUT2D eigenvalue weighted by Gasteiger charge is 2.24. The van der Waals surface area contributed by atoms with Crippen molar-refractivity contribution >= 4 is 11.6 Å². The molecule has 0 spiro atoms. The third-order valence-corrected chi connectivity index (χ3v) is 3.78. The minimum Gasteiger partial charge on any atom is -0.313 e. The highest BCUT2D eigenvalue weighted by molar-refractivity contribution is 6.31. The predicted octanol–water partition coefficient (Wildman–Crippen LogP) is 4.83. The summed E-state index contributed by atoms with van der Waals surface area (Å²) < 4.78 is 13.7. The Morgan fingerprint density at radius 3 is 2.53 bits per heavy atom. The van der Waals surface area contributed by atoms with E-state index in [1.807, 2.05) is 0 Å². The van der Waals surface area contributed by atoms with Crippen LogP contribution in [0.2, 0.25) is 5.02 Å². The van der Waals surface area contributed by atoms with Gasteiger partial charge in [0, 0.05) is 16.6 Å². The van der Waals surface area contributed by atoms with Crippen LogP contribution < -0.4 is 5.32 Å². The Morgan fingerprint density at radius 2 is 2.00 bits per heavy atom. The molecule has 0 aromatic heterocycles. The zero-order valence-electron chi connectivity index (χ0n) is 12.4. The van der Waals surface area contributed by atoms with Crippen LogP contribution in [-0.4, -0.2) is 12.6 Å². The quantitative estimate of drug-likeness (QED) is 0.790. The molecule has 3 heteroatoms. The number of rotatable bonds is 6. The number of hydrogen-bond acceptors (Lipinski definition) is 1. The topological polar surface area (TPSA) is 12.0 Å². The third-order valence-electron chi connectivity index (χ3n) is 3.43. The lowest BCUT2D eigenvalue weighted by atomic mass is 9.83. The summed E-state index contributed by atoms with van der Waals surface area (Å²) in [5.74, 6) is -0.198. The Morgan fingerprint density at radius 1 is 1.32 bits per heavy atom. The van der Waals surface area contributed by atoms with Gasteiger partial charge in [-0.25, -0.2) is 4.39 Å². The first-order valence-electron chi connectivity index (χ1n) is 7.02. The molecular formula is C16H25ClFN. The normalized spacial score (nSPS) is 13.6. The summed E-state index contributed by atoms with van der Waals surface area (Å²) in [6, 6.07) is 5.25. The fourth-order valence-corrected chi connectivity index (χ4v) is 2.48. The van der Waals surface area contributed by atoms with Crippen molar-refractivity contribution < 1.29 is 4.39 Å². The molecule has 0 bridgehead atoms. The van der Waals surface area contributed by atoms with Gasteiger partial charge in [0.1, 0.15) is 5.82 Å². The zero-order valence-corrected chi connectivity index (χ0v) is 13.1. The molecular weight excluding hydrogens is 261 g/mol. The SMILES string of the molecule is CCCNC(CCc1c(F)cccc1Cl)C(C)(C)C. The molecule has 0 saturated carbocycles. The van der Waals surface area contributed by atoms with E-state index >= 15 is 0 Å². The second kappa shape index (κ2) is 7.25. The van der Waals surface area contributed by atoms with Crippen molar-refractivity contribution in [2.75, 3.05) is 6.54 Å². The van der Waals surface area contributed by atoms with Crippen LogP contribution in [0.15, 0.2) is 18.2 Å². The van der Waals surface area contributed by atoms with Crippen LogP contribution >= 0.6 is 11.6 Å². The number of hydrogen-bond donors (Lipinski definition) is 1. The summed E-state index contributed by atoms with van der Waals surface area (Å²) in [7, 11) is 0. The van der Waals surface area contributed by atoms with Crippen LogP contribution in [0.1, 0.15) is 46.1 Å². The molecule has 1 atom stereocenters. The van der Waals surface area contributed by atoms with E-state index in [1.54, 1.807) is 12.1 Å². The molecule has 1 unspecified atom stereocenters. The van der Waals surface area contributed by atoms with Gasteiger partial charge in [-0.15, -0.1) is 0 Å². The van der Waals surface area contributed by atoms with Crippen LogP contribution in [0, 0.1) is 11.2 Å². The molecule has 1 rings (SSSR count). The Balaban J connectivity index is 2.71. The van der Waals surface area contributed by atoms with Gasteiger partial charge in [-0.1, -0.05) is 45.4 Å². The van der Waals surface area contributed by atoms with Gasteiger partial charge in [-0.3, -0.25) is 0 Å². The summed E-state index contributed by atoms with van der Waals surface area (Å²) in [4.78, 5) is 0. The number of benzene rings is 1. The second-order valence-electron chi connectivity index (χ2n) is 6.11. The van der Waals surface area contributed by atoms with Crippen molar-refractivity contribution in [3.05, 3.63) is 34.6 Å². The van der Waals surface area contributed by atoms with Crippen LogP contribution in [0.25, 0.3) is 0 Å². The summed E-state index contributed by atoms with van der Waals surface area (Å²) in [6.45, 7) is 9.78. The molecule has 0 aliphatic rings. The van der Waals surface area contributed by atoms with Gasteiger partial charge >= 0.3 is 0 Å². The van der Waals surface area contributed by atoms with Crippen molar-refractivity contribution in [3.63, 3.8) is 0 Å². The molecule has 1 aromatic carbocycles. The largest absolute Gasteiger partial charge is 0.313 e. The lowest BCUT2D eigenvalue weighted by Gasteiger charge is -2.32. The Kier molecular flexibility index (Phi) is 6.28. The van der Waals surface area contributed by atoms with Crippen molar-refractivity contribution in [2.24, 2.45) is 5.41 Å². The highest BCUT2D eigenvalue weighted by atomic mass is 35.5. The first kappa shape index (κ1) is 16.5. The van der Waals surface area contributed by atoms with E-state index in [1.165, 1.54) is 6.07 Å². The lowest BCUT2D eigenvalue weighted by Crippen LogP contribution is -2.41. The minimum absolute atomic E-state index is 0.160. The molecule has 108 valence electrons. The van der Waals surface area contributed by atoms with E-state index in [4.69, 9.17) is 11.6 Å². The van der Waals surface area contributed by atoms with Crippen molar-refractivity contribution in [1.29, 1.82) is 0 Å². The molecule has 0 fully saturated rings. The molecule has 0 heterocycles. The standard InChI is InChI=1S/C16H25ClFN/c1-5-11-19-15(16(2,3)4)10-9-12-13(17)7-6-8-14(12)18/h6-8,15,19H,5,9-11H2,1-4H3. The Bertz CT molecular complexity index is 378. The van der Waals surface area contributed by atoms with Crippen molar-refractivity contribution in [2.45, 2.75) is 53.0 Å². The molecule has 0 amide bonds. The smallest absolute Gasteiger partial charge is 0.127 e. The molecule has 1 nitrogen and oxygen atoms in total. The average molecular weight is 286 g/mol. The number of halogens is 2. The van der Waals surface area contributed by atoms with Crippen LogP contribution in [0.5, 0.6) is 0 Å². The van der Waals surface area contributed by atoms with E-state index in [-0.39, 0.29) is 11.2 Å². The maximum absolute atomic E-state index is 13.7. The van der Waals surface area contributed by atoms with Crippen LogP contribution in [0.3, 0.4) is 0 Å². The second-order valence-corrected chi connectivity index (χ2v) is 6.52. The van der Waals surface area contributed by atoms with Gasteiger partial charge in [0.25, 0.3) is 0 Å². The molecule has 0 radical (unpaired) electrons. The monoisotopic (exact) mass is 285 g/mol. The first-order chi connectivity index (χ1) is 8.86. The summed E-state index contributed by atoms with van der Waals surface area (Å²) in [5.41, 5.74) is 0.795. The minimum atomic E-state index is -0.198. The van der Waals surface area contributed by atoms with E-state index in [0.29, 0.717) is 23.0 Å². The zero-order chi connectivity index (χ0) is 14.5. The maximum atomic E-state index is 13.7. The van der Waals surface area contributed by atoms with Gasteiger partial charge in [-0.05, 0) is 43.4 Å². The highest BCUT2D eigenvalue weighted by Crippen LogP contribution is 2.26. The molecule has 19 heavy (non-hydrogen) atoms. The summed E-state index contributed by atoms with van der Waals surface area (Å²) >= 11 is 6.07. The fraction of sp³-hybridized carbons (Fsp3) is 0.625. The van der Waals surface area contributed by atoms with E-state index in [9.17, 15) is 4.39 Å². The fourth-order valence-electron chi connectivity index (χ4n) is 2.22. The molecule has 0 aliphatic carbocycles. The van der Waals surface area contributed by atoms with Crippen LogP contribution in [0.4, 0.5) is 4.39 Å². The average Bonchev–Trinajstić information content (AvgIpc) is 2.30. The first-order valence-corrected chi connectivity index (χ1v) is 7.40. The van der Waals surface area contributed by atoms with E-state index in [0.717, 1.165) is 19.4 Å². The van der Waals surface area contributed by atoms with Crippen molar-refractivity contribution in [1.82, 2.24) is 5.32 Å². The maximum Gasteiger partial charge on any atom is 0.127 e. The Hall–Kier alpha value is -0.600. The van der Waals surface area contributed by atoms with E-state index < -0.39 is 0 Å². The predicted molar refractivity (Wildman–Crippen MR) is 81.3 cm³/mol. The van der Waals surface area contributed by atoms with Gasteiger partial charge in [0.15, 0.2) is 0 Å². The van der Waals surface area contributed by atoms with Gasteiger partial charge in [-0.2, -0.15) is 0 Å². The van der Waals surface area contributed by atoms with Gasteiger partial charge < -0.3 is 5.32 Å². The molecule has 1 aromatic rings. The Labute approximate surface area is 121 Å². The molecule has 1 N–H and O–H groups in total. The van der Waals surface area contributed by atoms with Crippen LogP contribution in [-0.2, 0) is 6.42 Å².